The minimum absolute atomic E-state index is 0.384. The van der Waals surface area contributed by atoms with E-state index in [4.69, 9.17) is 10.8 Å². The highest BCUT2D eigenvalue weighted by Gasteiger charge is 2.10. The van der Waals surface area contributed by atoms with E-state index in [1.165, 1.54) is 0 Å². The number of carboxylic acids is 1. The molecule has 4 heteroatoms. The van der Waals surface area contributed by atoms with Crippen LogP contribution in [0.15, 0.2) is 0 Å². The molecule has 0 aromatic rings. The van der Waals surface area contributed by atoms with Crippen LogP contribution in [-0.2, 0) is 4.79 Å². The molecular weight excluding hydrogens is 120 g/mol. The zero-order valence-electron chi connectivity index (χ0n) is 5.66. The second kappa shape index (κ2) is 3.42. The molecule has 0 spiro atoms. The van der Waals surface area contributed by atoms with Crippen molar-refractivity contribution in [1.29, 1.82) is 0 Å². The van der Waals surface area contributed by atoms with Crippen LogP contribution in [0.5, 0.6) is 0 Å². The van der Waals surface area contributed by atoms with Crippen molar-refractivity contribution >= 4 is 5.97 Å². The fourth-order valence-electron chi connectivity index (χ4n) is 0.471. The molecule has 0 bridgehead atoms. The number of hydrogen-bond acceptors (Lipinski definition) is 3. The van der Waals surface area contributed by atoms with Gasteiger partial charge in [0.1, 0.15) is 6.04 Å². The lowest BCUT2D eigenvalue weighted by atomic mass is 10.3. The molecule has 0 radical (unpaired) electrons. The number of rotatable bonds is 3. The minimum Gasteiger partial charge on any atom is -0.480 e. The monoisotopic (exact) mass is 132 g/mol. The molecule has 0 heterocycles. The molecule has 3 N–H and O–H groups in total. The fourth-order valence-corrected chi connectivity index (χ4v) is 0.471. The van der Waals surface area contributed by atoms with E-state index in [-0.39, 0.29) is 0 Å². The third-order valence-electron chi connectivity index (χ3n) is 0.879. The molecule has 0 saturated carbocycles. The Morgan fingerprint density at radius 3 is 2.33 bits per heavy atom. The Hall–Kier alpha value is -0.610. The molecule has 0 aliphatic rings. The van der Waals surface area contributed by atoms with E-state index in [2.05, 4.69) is 0 Å². The smallest absolute Gasteiger partial charge is 0.321 e. The van der Waals surface area contributed by atoms with Crippen LogP contribution in [0.4, 0.5) is 0 Å². The van der Waals surface area contributed by atoms with E-state index in [0.717, 1.165) is 0 Å². The highest BCUT2D eigenvalue weighted by molar-refractivity contribution is 5.73. The summed E-state index contributed by atoms with van der Waals surface area (Å²) >= 11 is 0. The molecular formula is C5H12N2O2. The molecule has 0 saturated heterocycles. The maximum absolute atomic E-state index is 10.1. The van der Waals surface area contributed by atoms with Crippen LogP contribution >= 0.6 is 0 Å². The number of likely N-dealkylation sites (N-methyl/N-ethyl adjacent to an activating group) is 1. The topological polar surface area (TPSA) is 66.6 Å². The summed E-state index contributed by atoms with van der Waals surface area (Å²) in [6.07, 6.45) is 0. The van der Waals surface area contributed by atoms with E-state index in [1.54, 1.807) is 19.0 Å². The molecule has 0 rings (SSSR count). The van der Waals surface area contributed by atoms with Crippen molar-refractivity contribution in [2.45, 2.75) is 6.04 Å². The summed E-state index contributed by atoms with van der Waals surface area (Å²) in [6, 6.07) is -0.764. The van der Waals surface area contributed by atoms with Crippen LogP contribution in [0.1, 0.15) is 0 Å². The van der Waals surface area contributed by atoms with Crippen LogP contribution < -0.4 is 5.73 Å². The number of hydrogen-bond donors (Lipinski definition) is 2. The molecule has 4 nitrogen and oxygen atoms in total. The van der Waals surface area contributed by atoms with Crippen LogP contribution in [0.25, 0.3) is 0 Å². The average Bonchev–Trinajstić information content (AvgIpc) is 1.63. The molecule has 0 unspecified atom stereocenters. The predicted molar refractivity (Wildman–Crippen MR) is 34.2 cm³/mol. The molecule has 0 fully saturated rings. The molecule has 0 aliphatic heterocycles. The van der Waals surface area contributed by atoms with Gasteiger partial charge >= 0.3 is 5.97 Å². The summed E-state index contributed by atoms with van der Waals surface area (Å²) in [5.74, 6) is -0.955. The van der Waals surface area contributed by atoms with Gasteiger partial charge in [0.25, 0.3) is 0 Å². The van der Waals surface area contributed by atoms with Gasteiger partial charge in [-0.2, -0.15) is 0 Å². The van der Waals surface area contributed by atoms with Gasteiger partial charge in [0.2, 0.25) is 0 Å². The number of nitrogens with zero attached hydrogens (tertiary/aromatic N) is 1. The molecule has 9 heavy (non-hydrogen) atoms. The summed E-state index contributed by atoms with van der Waals surface area (Å²) in [5, 5.41) is 8.28. The van der Waals surface area contributed by atoms with E-state index >= 15 is 0 Å². The highest BCUT2D eigenvalue weighted by Crippen LogP contribution is 1.80. The largest absolute Gasteiger partial charge is 0.480 e. The average molecular weight is 132 g/mol. The highest BCUT2D eigenvalue weighted by atomic mass is 16.4. The van der Waals surface area contributed by atoms with Crippen molar-refractivity contribution in [1.82, 2.24) is 4.90 Å². The molecule has 1 atom stereocenters. The van der Waals surface area contributed by atoms with Crippen LogP contribution in [0, 0.1) is 0 Å². The Balaban J connectivity index is 3.50. The Morgan fingerprint density at radius 1 is 1.78 bits per heavy atom. The van der Waals surface area contributed by atoms with Gasteiger partial charge in [0, 0.05) is 6.54 Å². The summed E-state index contributed by atoms with van der Waals surface area (Å²) in [7, 11) is 3.56. The zero-order valence-corrected chi connectivity index (χ0v) is 5.66. The van der Waals surface area contributed by atoms with Crippen molar-refractivity contribution in [2.75, 3.05) is 20.6 Å². The number of nitrogens with two attached hydrogens (primary N) is 1. The third-order valence-corrected chi connectivity index (χ3v) is 0.879. The van der Waals surface area contributed by atoms with Crippen molar-refractivity contribution in [3.63, 3.8) is 0 Å². The first kappa shape index (κ1) is 8.39. The zero-order chi connectivity index (χ0) is 7.44. The summed E-state index contributed by atoms with van der Waals surface area (Å²) in [5.41, 5.74) is 5.18. The van der Waals surface area contributed by atoms with Crippen LogP contribution in [0.2, 0.25) is 0 Å². The van der Waals surface area contributed by atoms with E-state index < -0.39 is 12.0 Å². The van der Waals surface area contributed by atoms with Gasteiger partial charge in [-0.1, -0.05) is 0 Å². The Morgan fingerprint density at radius 2 is 2.22 bits per heavy atom. The van der Waals surface area contributed by atoms with E-state index in [0.29, 0.717) is 6.54 Å². The molecule has 54 valence electrons. The first-order chi connectivity index (χ1) is 4.04. The summed E-state index contributed by atoms with van der Waals surface area (Å²) in [6.45, 7) is 0.384. The molecule has 0 amide bonds. The van der Waals surface area contributed by atoms with Crippen LogP contribution in [0.3, 0.4) is 0 Å². The first-order valence-electron chi connectivity index (χ1n) is 2.67. The summed E-state index contributed by atoms with van der Waals surface area (Å²) in [4.78, 5) is 11.8. The SMILES string of the molecule is CN(C)C[C@H](N)C(=O)O. The number of carboxylic acid groups (broad SMARTS) is 1. The van der Waals surface area contributed by atoms with Gasteiger partial charge in [0.05, 0.1) is 0 Å². The van der Waals surface area contributed by atoms with Crippen molar-refractivity contribution in [2.24, 2.45) is 5.73 Å². The Kier molecular flexibility index (Phi) is 3.19. The molecule has 0 aliphatic carbocycles. The normalized spacial score (nSPS) is 13.8. The van der Waals surface area contributed by atoms with Gasteiger partial charge in [-0.25, -0.2) is 0 Å². The van der Waals surface area contributed by atoms with Gasteiger partial charge in [-0.15, -0.1) is 0 Å². The Bertz CT molecular complexity index is 103. The lowest BCUT2D eigenvalue weighted by Gasteiger charge is -2.11. The van der Waals surface area contributed by atoms with E-state index in [9.17, 15) is 4.79 Å². The first-order valence-corrected chi connectivity index (χ1v) is 2.67. The van der Waals surface area contributed by atoms with Gasteiger partial charge in [-0.05, 0) is 14.1 Å². The van der Waals surface area contributed by atoms with Gasteiger partial charge < -0.3 is 15.7 Å². The fraction of sp³-hybridized carbons (Fsp3) is 0.800. The number of aliphatic carboxylic acids is 1. The molecule has 0 aromatic heterocycles. The quantitative estimate of drug-likeness (QED) is 0.514. The lowest BCUT2D eigenvalue weighted by molar-refractivity contribution is -0.138. The maximum Gasteiger partial charge on any atom is 0.321 e. The van der Waals surface area contributed by atoms with Crippen molar-refractivity contribution in [3.05, 3.63) is 0 Å². The second-order valence-electron chi connectivity index (χ2n) is 2.21. The predicted octanol–water partition coefficient (Wildman–Crippen LogP) is -1.04. The van der Waals surface area contributed by atoms with Crippen LogP contribution in [-0.4, -0.2) is 42.7 Å². The van der Waals surface area contributed by atoms with E-state index in [1.807, 2.05) is 0 Å². The van der Waals surface area contributed by atoms with Crippen molar-refractivity contribution in [3.8, 4) is 0 Å². The molecule has 0 aromatic carbocycles. The maximum atomic E-state index is 10.1. The third kappa shape index (κ3) is 3.93. The second-order valence-corrected chi connectivity index (χ2v) is 2.21. The van der Waals surface area contributed by atoms with Gasteiger partial charge in [0.15, 0.2) is 0 Å². The lowest BCUT2D eigenvalue weighted by Crippen LogP contribution is -2.39. The van der Waals surface area contributed by atoms with Gasteiger partial charge in [-0.3, -0.25) is 4.79 Å². The van der Waals surface area contributed by atoms with Crippen molar-refractivity contribution < 1.29 is 9.90 Å². The standard InChI is InChI=1S/C5H12N2O2/c1-7(2)3-4(6)5(8)9/h4H,3,6H2,1-2H3,(H,8,9)/t4-/m0/s1. The summed E-state index contributed by atoms with van der Waals surface area (Å²) < 4.78 is 0. The minimum atomic E-state index is -0.955. The Labute approximate surface area is 54.3 Å². The number of carbonyl (C=O) groups is 1.